The van der Waals surface area contributed by atoms with E-state index in [-0.39, 0.29) is 12.7 Å². The minimum absolute atomic E-state index is 0.0627. The summed E-state index contributed by atoms with van der Waals surface area (Å²) in [6.07, 6.45) is -1.32. The third-order valence-corrected chi connectivity index (χ3v) is 2.35. The first-order valence-electron chi connectivity index (χ1n) is 5.18. The Morgan fingerprint density at radius 2 is 1.43 bits per heavy atom. The van der Waals surface area contributed by atoms with Gasteiger partial charge in [0.2, 0.25) is 0 Å². The minimum Gasteiger partial charge on any atom is -0.390 e. The fourth-order valence-corrected chi connectivity index (χ4v) is 1.08. The molecular formula is C10H22O4. The molecule has 0 saturated heterocycles. The Morgan fingerprint density at radius 1 is 0.929 bits per heavy atom. The number of hydrogen-bond acceptors (Lipinski definition) is 4. The molecule has 0 aliphatic heterocycles. The maximum absolute atomic E-state index is 9.37. The van der Waals surface area contributed by atoms with Crippen molar-refractivity contribution in [3.63, 3.8) is 0 Å². The molecule has 0 bridgehead atoms. The summed E-state index contributed by atoms with van der Waals surface area (Å²) in [6, 6.07) is 0. The summed E-state index contributed by atoms with van der Waals surface area (Å²) in [4.78, 5) is 0. The van der Waals surface area contributed by atoms with Crippen LogP contribution in [0.25, 0.3) is 0 Å². The summed E-state index contributed by atoms with van der Waals surface area (Å²) in [6.45, 7) is 5.46. The maximum Gasteiger partial charge on any atom is 0.103 e. The molecule has 86 valence electrons. The van der Waals surface area contributed by atoms with Crippen LogP contribution < -0.4 is 0 Å². The van der Waals surface area contributed by atoms with Crippen LogP contribution in [-0.4, -0.2) is 46.3 Å². The molecule has 0 fully saturated rings. The van der Waals surface area contributed by atoms with Crippen LogP contribution in [0, 0.1) is 0 Å². The second-order valence-electron chi connectivity index (χ2n) is 3.56. The summed E-state index contributed by atoms with van der Waals surface area (Å²) in [5, 5.41) is 28.0. The number of aliphatic hydroxyl groups excluding tert-OH is 3. The van der Waals surface area contributed by atoms with Gasteiger partial charge in [-0.25, -0.2) is 0 Å². The number of ether oxygens (including phenoxy) is 1. The van der Waals surface area contributed by atoms with E-state index in [2.05, 4.69) is 0 Å². The topological polar surface area (TPSA) is 69.9 Å². The zero-order valence-electron chi connectivity index (χ0n) is 9.18. The molecule has 0 aromatic heterocycles. The Balaban J connectivity index is 3.70. The van der Waals surface area contributed by atoms with E-state index in [9.17, 15) is 15.3 Å². The lowest BCUT2D eigenvalue weighted by molar-refractivity contribution is -0.0871. The van der Waals surface area contributed by atoms with Crippen molar-refractivity contribution in [2.24, 2.45) is 0 Å². The van der Waals surface area contributed by atoms with E-state index in [0.717, 1.165) is 0 Å². The van der Waals surface area contributed by atoms with Crippen LogP contribution in [0.3, 0.4) is 0 Å². The first-order chi connectivity index (χ1) is 6.52. The van der Waals surface area contributed by atoms with Crippen molar-refractivity contribution in [3.05, 3.63) is 0 Å². The van der Waals surface area contributed by atoms with Crippen molar-refractivity contribution >= 4 is 0 Å². The van der Waals surface area contributed by atoms with E-state index >= 15 is 0 Å². The molecule has 4 nitrogen and oxygen atoms in total. The Kier molecular flexibility index (Phi) is 7.09. The molecule has 0 aromatic rings. The zero-order chi connectivity index (χ0) is 11.1. The fourth-order valence-electron chi connectivity index (χ4n) is 1.08. The predicted octanol–water partition coefficient (Wildman–Crippen LogP) is 0.294. The Labute approximate surface area is 85.5 Å². The highest BCUT2D eigenvalue weighted by Crippen LogP contribution is 2.05. The van der Waals surface area contributed by atoms with Crippen molar-refractivity contribution in [2.75, 3.05) is 6.61 Å². The van der Waals surface area contributed by atoms with E-state index in [1.807, 2.05) is 6.92 Å². The third-order valence-electron chi connectivity index (χ3n) is 2.35. The smallest absolute Gasteiger partial charge is 0.103 e. The van der Waals surface area contributed by atoms with Gasteiger partial charge in [0.05, 0.1) is 24.9 Å². The summed E-state index contributed by atoms with van der Waals surface area (Å²) in [5.74, 6) is 0. The molecule has 0 saturated carbocycles. The highest BCUT2D eigenvalue weighted by molar-refractivity contribution is 4.67. The van der Waals surface area contributed by atoms with E-state index < -0.39 is 18.3 Å². The summed E-state index contributed by atoms with van der Waals surface area (Å²) < 4.78 is 5.22. The first kappa shape index (κ1) is 13.8. The zero-order valence-corrected chi connectivity index (χ0v) is 9.18. The normalized spacial score (nSPS) is 20.1. The average molecular weight is 206 g/mol. The van der Waals surface area contributed by atoms with Crippen LogP contribution in [0.15, 0.2) is 0 Å². The van der Waals surface area contributed by atoms with E-state index in [1.165, 1.54) is 0 Å². The lowest BCUT2D eigenvalue weighted by Crippen LogP contribution is -2.34. The third kappa shape index (κ3) is 4.91. The van der Waals surface area contributed by atoms with Crippen LogP contribution in [0.1, 0.15) is 33.6 Å². The molecule has 4 heteroatoms. The van der Waals surface area contributed by atoms with Gasteiger partial charge < -0.3 is 20.1 Å². The number of rotatable bonds is 7. The van der Waals surface area contributed by atoms with Gasteiger partial charge in [-0.1, -0.05) is 13.8 Å². The molecule has 0 amide bonds. The maximum atomic E-state index is 9.37. The second kappa shape index (κ2) is 7.17. The van der Waals surface area contributed by atoms with E-state index in [1.54, 1.807) is 13.8 Å². The molecule has 14 heavy (non-hydrogen) atoms. The van der Waals surface area contributed by atoms with Gasteiger partial charge >= 0.3 is 0 Å². The highest BCUT2D eigenvalue weighted by atomic mass is 16.5. The molecule has 0 aromatic carbocycles. The predicted molar refractivity (Wildman–Crippen MR) is 54.0 cm³/mol. The van der Waals surface area contributed by atoms with Gasteiger partial charge in [-0.15, -0.1) is 0 Å². The largest absolute Gasteiger partial charge is 0.390 e. The van der Waals surface area contributed by atoms with Crippen molar-refractivity contribution in [3.8, 4) is 0 Å². The lowest BCUT2D eigenvalue weighted by Gasteiger charge is -2.22. The first-order valence-corrected chi connectivity index (χ1v) is 5.18. The lowest BCUT2D eigenvalue weighted by atomic mass is 10.1. The van der Waals surface area contributed by atoms with E-state index in [4.69, 9.17) is 4.74 Å². The monoisotopic (exact) mass is 206 g/mol. The van der Waals surface area contributed by atoms with Gasteiger partial charge in [0.15, 0.2) is 0 Å². The summed E-state index contributed by atoms with van der Waals surface area (Å²) in [5.41, 5.74) is 0. The van der Waals surface area contributed by atoms with Gasteiger partial charge in [0, 0.05) is 0 Å². The molecule has 4 unspecified atom stereocenters. The standard InChI is InChI=1S/C10H22O4/c1-4-8(11)7(3)14-6-10(13)9(12)5-2/h7-13H,4-6H2,1-3H3. The number of aliphatic hydroxyl groups is 3. The molecule has 0 rings (SSSR count). The molecule has 0 aliphatic carbocycles. The van der Waals surface area contributed by atoms with Gasteiger partial charge in [-0.05, 0) is 19.8 Å². The number of hydrogen-bond donors (Lipinski definition) is 3. The molecule has 0 aliphatic rings. The molecular weight excluding hydrogens is 184 g/mol. The minimum atomic E-state index is -0.869. The molecule has 0 radical (unpaired) electrons. The van der Waals surface area contributed by atoms with Gasteiger partial charge in [0.25, 0.3) is 0 Å². The van der Waals surface area contributed by atoms with Crippen molar-refractivity contribution in [2.45, 2.75) is 58.0 Å². The molecule has 3 N–H and O–H groups in total. The van der Waals surface area contributed by atoms with Crippen LogP contribution in [0.5, 0.6) is 0 Å². The van der Waals surface area contributed by atoms with Crippen LogP contribution in [-0.2, 0) is 4.74 Å². The van der Waals surface area contributed by atoms with Gasteiger partial charge in [0.1, 0.15) is 6.10 Å². The van der Waals surface area contributed by atoms with Crippen LogP contribution in [0.2, 0.25) is 0 Å². The second-order valence-corrected chi connectivity index (χ2v) is 3.56. The SMILES string of the molecule is CCC(O)C(O)COC(C)C(O)CC. The van der Waals surface area contributed by atoms with Crippen molar-refractivity contribution in [1.29, 1.82) is 0 Å². The van der Waals surface area contributed by atoms with Crippen molar-refractivity contribution in [1.82, 2.24) is 0 Å². The quantitative estimate of drug-likeness (QED) is 0.560. The van der Waals surface area contributed by atoms with Gasteiger partial charge in [-0.2, -0.15) is 0 Å². The summed E-state index contributed by atoms with van der Waals surface area (Å²) >= 11 is 0. The molecule has 4 atom stereocenters. The van der Waals surface area contributed by atoms with Crippen LogP contribution >= 0.6 is 0 Å². The van der Waals surface area contributed by atoms with Crippen molar-refractivity contribution < 1.29 is 20.1 Å². The fraction of sp³-hybridized carbons (Fsp3) is 1.00. The molecule has 0 heterocycles. The molecule has 0 spiro atoms. The summed E-state index contributed by atoms with van der Waals surface area (Å²) in [7, 11) is 0. The van der Waals surface area contributed by atoms with Crippen LogP contribution in [0.4, 0.5) is 0 Å². The Bertz CT molecular complexity index is 124. The van der Waals surface area contributed by atoms with E-state index in [0.29, 0.717) is 12.8 Å². The Hall–Kier alpha value is -0.160. The highest BCUT2D eigenvalue weighted by Gasteiger charge is 2.18. The average Bonchev–Trinajstić information content (AvgIpc) is 2.22. The van der Waals surface area contributed by atoms with Gasteiger partial charge in [-0.3, -0.25) is 0 Å². The Morgan fingerprint density at radius 3 is 1.86 bits per heavy atom.